The average molecular weight is 180 g/mol. The van der Waals surface area contributed by atoms with Gasteiger partial charge in [-0.05, 0) is 18.8 Å². The Kier molecular flexibility index (Phi) is 2.00. The van der Waals surface area contributed by atoms with E-state index in [9.17, 15) is 4.79 Å². The number of nitrogens with zero attached hydrogens (tertiary/aromatic N) is 3. The third-order valence-corrected chi connectivity index (χ3v) is 2.11. The van der Waals surface area contributed by atoms with Crippen LogP contribution in [0.3, 0.4) is 0 Å². The standard InChI is InChI=1S/C8H12N4O/c1-9-8(13)7-4-10-12(11-7)5-6-2-3-6/h4,6H,2-3,5H2,1H3,(H,9,13). The first-order chi connectivity index (χ1) is 6.29. The molecule has 0 atom stereocenters. The fraction of sp³-hybridized carbons (Fsp3) is 0.625. The normalized spacial score (nSPS) is 15.8. The Morgan fingerprint density at radius 1 is 1.77 bits per heavy atom. The maximum Gasteiger partial charge on any atom is 0.273 e. The van der Waals surface area contributed by atoms with Crippen LogP contribution < -0.4 is 5.32 Å². The van der Waals surface area contributed by atoms with Crippen LogP contribution >= 0.6 is 0 Å². The van der Waals surface area contributed by atoms with Gasteiger partial charge in [-0.25, -0.2) is 0 Å². The van der Waals surface area contributed by atoms with Crippen molar-refractivity contribution in [3.05, 3.63) is 11.9 Å². The lowest BCUT2D eigenvalue weighted by molar-refractivity contribution is 0.0957. The van der Waals surface area contributed by atoms with Crippen LogP contribution in [0, 0.1) is 5.92 Å². The van der Waals surface area contributed by atoms with E-state index < -0.39 is 0 Å². The van der Waals surface area contributed by atoms with Crippen molar-refractivity contribution < 1.29 is 4.79 Å². The molecule has 0 unspecified atom stereocenters. The van der Waals surface area contributed by atoms with Crippen molar-refractivity contribution in [2.24, 2.45) is 5.92 Å². The van der Waals surface area contributed by atoms with Crippen molar-refractivity contribution in [3.63, 3.8) is 0 Å². The van der Waals surface area contributed by atoms with Crippen molar-refractivity contribution in [1.82, 2.24) is 20.3 Å². The minimum atomic E-state index is -0.179. The number of amides is 1. The van der Waals surface area contributed by atoms with Crippen LogP contribution in [0.1, 0.15) is 23.3 Å². The topological polar surface area (TPSA) is 59.8 Å². The summed E-state index contributed by atoms with van der Waals surface area (Å²) >= 11 is 0. The number of rotatable bonds is 3. The van der Waals surface area contributed by atoms with Crippen molar-refractivity contribution in [3.8, 4) is 0 Å². The van der Waals surface area contributed by atoms with Gasteiger partial charge in [0.05, 0.1) is 12.7 Å². The second-order valence-corrected chi connectivity index (χ2v) is 3.31. The number of nitrogens with one attached hydrogen (secondary N) is 1. The predicted octanol–water partition coefficient (Wildman–Crippen LogP) is 0.0477. The van der Waals surface area contributed by atoms with Crippen LogP contribution in [0.5, 0.6) is 0 Å². The molecule has 0 radical (unpaired) electrons. The predicted molar refractivity (Wildman–Crippen MR) is 46.1 cm³/mol. The summed E-state index contributed by atoms with van der Waals surface area (Å²) in [4.78, 5) is 12.7. The Labute approximate surface area is 76.1 Å². The number of hydrogen-bond acceptors (Lipinski definition) is 3. The van der Waals surface area contributed by atoms with Gasteiger partial charge in [0.15, 0.2) is 5.69 Å². The lowest BCUT2D eigenvalue weighted by Crippen LogP contribution is -2.18. The van der Waals surface area contributed by atoms with E-state index in [1.54, 1.807) is 11.8 Å². The molecule has 1 saturated carbocycles. The zero-order valence-electron chi connectivity index (χ0n) is 7.53. The van der Waals surface area contributed by atoms with Gasteiger partial charge in [0.25, 0.3) is 5.91 Å². The van der Waals surface area contributed by atoms with Gasteiger partial charge in [0.1, 0.15) is 0 Å². The van der Waals surface area contributed by atoms with E-state index in [2.05, 4.69) is 15.5 Å². The number of aromatic nitrogens is 3. The third kappa shape index (κ3) is 1.85. The SMILES string of the molecule is CNC(=O)c1cnn(CC2CC2)n1. The first-order valence-electron chi connectivity index (χ1n) is 4.42. The van der Waals surface area contributed by atoms with Crippen LogP contribution in [0.2, 0.25) is 0 Å². The smallest absolute Gasteiger partial charge is 0.273 e. The molecule has 1 aliphatic rings. The summed E-state index contributed by atoms with van der Waals surface area (Å²) in [6, 6.07) is 0. The number of carbonyl (C=O) groups is 1. The van der Waals surface area contributed by atoms with Gasteiger partial charge < -0.3 is 5.32 Å². The van der Waals surface area contributed by atoms with Crippen molar-refractivity contribution >= 4 is 5.91 Å². The summed E-state index contributed by atoms with van der Waals surface area (Å²) in [6.45, 7) is 0.844. The monoisotopic (exact) mass is 180 g/mol. The summed E-state index contributed by atoms with van der Waals surface area (Å²) in [5.74, 6) is 0.548. The third-order valence-electron chi connectivity index (χ3n) is 2.11. The largest absolute Gasteiger partial charge is 0.354 e. The molecule has 5 heteroatoms. The van der Waals surface area contributed by atoms with Gasteiger partial charge >= 0.3 is 0 Å². The Morgan fingerprint density at radius 2 is 2.54 bits per heavy atom. The summed E-state index contributed by atoms with van der Waals surface area (Å²) in [7, 11) is 1.59. The lowest BCUT2D eigenvalue weighted by atomic mass is 10.4. The molecule has 0 bridgehead atoms. The van der Waals surface area contributed by atoms with E-state index in [0.29, 0.717) is 5.69 Å². The summed E-state index contributed by atoms with van der Waals surface area (Å²) in [6.07, 6.45) is 4.02. The van der Waals surface area contributed by atoms with Gasteiger partial charge in [-0.1, -0.05) is 0 Å². The highest BCUT2D eigenvalue weighted by molar-refractivity contribution is 5.91. The van der Waals surface area contributed by atoms with Gasteiger partial charge in [0, 0.05) is 7.05 Å². The average Bonchev–Trinajstić information content (AvgIpc) is 2.81. The van der Waals surface area contributed by atoms with Gasteiger partial charge in [-0.2, -0.15) is 9.90 Å². The minimum Gasteiger partial charge on any atom is -0.354 e. The van der Waals surface area contributed by atoms with Crippen LogP contribution in [0.25, 0.3) is 0 Å². The molecule has 2 rings (SSSR count). The Balaban J connectivity index is 2.03. The molecule has 1 amide bonds. The van der Waals surface area contributed by atoms with E-state index in [4.69, 9.17) is 0 Å². The molecule has 1 fully saturated rings. The summed E-state index contributed by atoms with van der Waals surface area (Å²) in [5, 5.41) is 10.6. The van der Waals surface area contributed by atoms with E-state index in [0.717, 1.165) is 12.5 Å². The molecule has 0 saturated heterocycles. The second kappa shape index (κ2) is 3.16. The Hall–Kier alpha value is -1.39. The van der Waals surface area contributed by atoms with Gasteiger partial charge in [-0.3, -0.25) is 4.79 Å². The zero-order valence-corrected chi connectivity index (χ0v) is 7.53. The van der Waals surface area contributed by atoms with E-state index in [1.807, 2.05) is 0 Å². The number of carbonyl (C=O) groups excluding carboxylic acids is 1. The molecule has 5 nitrogen and oxygen atoms in total. The first kappa shape index (κ1) is 8.22. The molecule has 0 aromatic carbocycles. The summed E-state index contributed by atoms with van der Waals surface area (Å²) in [5.41, 5.74) is 0.392. The van der Waals surface area contributed by atoms with Crippen LogP contribution in [-0.2, 0) is 6.54 Å². The molecule has 1 aliphatic carbocycles. The molecule has 0 spiro atoms. The minimum absolute atomic E-state index is 0.179. The Morgan fingerprint density at radius 3 is 3.15 bits per heavy atom. The molecule has 1 aromatic rings. The maximum absolute atomic E-state index is 11.1. The molecule has 0 aliphatic heterocycles. The molecule has 1 aromatic heterocycles. The van der Waals surface area contributed by atoms with Crippen molar-refractivity contribution in [2.75, 3.05) is 7.05 Å². The molecular weight excluding hydrogens is 168 g/mol. The Bertz CT molecular complexity index is 316. The second-order valence-electron chi connectivity index (χ2n) is 3.31. The molecule has 70 valence electrons. The highest BCUT2D eigenvalue weighted by Gasteiger charge is 2.23. The lowest BCUT2D eigenvalue weighted by Gasteiger charge is -1.95. The molecule has 13 heavy (non-hydrogen) atoms. The zero-order chi connectivity index (χ0) is 9.26. The van der Waals surface area contributed by atoms with Gasteiger partial charge in [0.2, 0.25) is 0 Å². The maximum atomic E-state index is 11.1. The highest BCUT2D eigenvalue weighted by atomic mass is 16.1. The van der Waals surface area contributed by atoms with Crippen LogP contribution in [-0.4, -0.2) is 27.9 Å². The first-order valence-corrected chi connectivity index (χ1v) is 4.42. The van der Waals surface area contributed by atoms with E-state index in [-0.39, 0.29) is 5.91 Å². The van der Waals surface area contributed by atoms with Crippen LogP contribution in [0.4, 0.5) is 0 Å². The molecule has 1 heterocycles. The molecule has 1 N–H and O–H groups in total. The fourth-order valence-electron chi connectivity index (χ4n) is 1.15. The van der Waals surface area contributed by atoms with Crippen molar-refractivity contribution in [2.45, 2.75) is 19.4 Å². The van der Waals surface area contributed by atoms with E-state index in [1.165, 1.54) is 19.0 Å². The molecular formula is C8H12N4O. The van der Waals surface area contributed by atoms with E-state index >= 15 is 0 Å². The van der Waals surface area contributed by atoms with Crippen LogP contribution in [0.15, 0.2) is 6.20 Å². The quantitative estimate of drug-likeness (QED) is 0.714. The number of hydrogen-bond donors (Lipinski definition) is 1. The van der Waals surface area contributed by atoms with Crippen molar-refractivity contribution in [1.29, 1.82) is 0 Å². The fourth-order valence-corrected chi connectivity index (χ4v) is 1.15. The highest BCUT2D eigenvalue weighted by Crippen LogP contribution is 2.29. The summed E-state index contributed by atoms with van der Waals surface area (Å²) < 4.78 is 0. The van der Waals surface area contributed by atoms with Gasteiger partial charge in [-0.15, -0.1) is 5.10 Å².